The van der Waals surface area contributed by atoms with Gasteiger partial charge in [-0.25, -0.2) is 9.79 Å². The summed E-state index contributed by atoms with van der Waals surface area (Å²) in [5, 5.41) is 10.4. The number of nitrogens with zero attached hydrogens (tertiary/aromatic N) is 1. The van der Waals surface area contributed by atoms with Crippen LogP contribution in [0.5, 0.6) is 5.75 Å². The van der Waals surface area contributed by atoms with E-state index in [1.165, 1.54) is 11.3 Å². The molecule has 1 aromatic carbocycles. The van der Waals surface area contributed by atoms with E-state index >= 15 is 0 Å². The summed E-state index contributed by atoms with van der Waals surface area (Å²) in [6.45, 7) is 5.92. The fourth-order valence-electron chi connectivity index (χ4n) is 1.90. The number of rotatable bonds is 4. The zero-order valence-corrected chi connectivity index (χ0v) is 14.9. The van der Waals surface area contributed by atoms with Crippen LogP contribution in [0.3, 0.4) is 0 Å². The standard InChI is InChI=1S/C16H16BrNO3S/c1-4-21-16(20)14-9(2)10(3)22-15(14)18-8-11-7-12(17)5-6-13(11)19/h5-8,19H,4H2,1-3H3/b18-8+. The van der Waals surface area contributed by atoms with Gasteiger partial charge in [0.2, 0.25) is 0 Å². The molecule has 22 heavy (non-hydrogen) atoms. The van der Waals surface area contributed by atoms with Gasteiger partial charge in [0.05, 0.1) is 12.2 Å². The average molecular weight is 382 g/mol. The van der Waals surface area contributed by atoms with Crippen LogP contribution in [-0.2, 0) is 4.74 Å². The van der Waals surface area contributed by atoms with Crippen LogP contribution >= 0.6 is 27.3 Å². The molecule has 0 spiro atoms. The summed E-state index contributed by atoms with van der Waals surface area (Å²) >= 11 is 4.78. The number of benzene rings is 1. The number of hydrogen-bond acceptors (Lipinski definition) is 5. The van der Waals surface area contributed by atoms with Crippen LogP contribution < -0.4 is 0 Å². The van der Waals surface area contributed by atoms with Gasteiger partial charge in [0.25, 0.3) is 0 Å². The Hall–Kier alpha value is -1.66. The Morgan fingerprint density at radius 2 is 2.18 bits per heavy atom. The summed E-state index contributed by atoms with van der Waals surface area (Å²) in [6.07, 6.45) is 1.55. The van der Waals surface area contributed by atoms with Crippen molar-refractivity contribution in [3.63, 3.8) is 0 Å². The van der Waals surface area contributed by atoms with Crippen LogP contribution in [0.2, 0.25) is 0 Å². The zero-order valence-electron chi connectivity index (χ0n) is 12.5. The second-order valence-electron chi connectivity index (χ2n) is 4.65. The number of aryl methyl sites for hydroxylation is 1. The van der Waals surface area contributed by atoms with Gasteiger partial charge >= 0.3 is 5.97 Å². The summed E-state index contributed by atoms with van der Waals surface area (Å²) in [4.78, 5) is 17.5. The number of phenolic OH excluding ortho intramolecular Hbond substituents is 1. The predicted octanol–water partition coefficient (Wildman–Crippen LogP) is 4.76. The van der Waals surface area contributed by atoms with Crippen LogP contribution in [0.1, 0.15) is 33.3 Å². The normalized spacial score (nSPS) is 11.1. The second-order valence-corrected chi connectivity index (χ2v) is 6.76. The highest BCUT2D eigenvalue weighted by Crippen LogP contribution is 2.35. The van der Waals surface area contributed by atoms with Crippen molar-refractivity contribution in [2.24, 2.45) is 4.99 Å². The molecule has 2 aromatic rings. The van der Waals surface area contributed by atoms with Gasteiger partial charge in [0.1, 0.15) is 10.8 Å². The molecule has 0 aliphatic rings. The quantitative estimate of drug-likeness (QED) is 0.613. The first kappa shape index (κ1) is 16.7. The molecular formula is C16H16BrNO3S. The van der Waals surface area contributed by atoms with E-state index in [9.17, 15) is 9.90 Å². The summed E-state index contributed by atoms with van der Waals surface area (Å²) in [6, 6.07) is 5.09. The lowest BCUT2D eigenvalue weighted by molar-refractivity contribution is 0.0527. The van der Waals surface area contributed by atoms with E-state index < -0.39 is 0 Å². The molecule has 2 rings (SSSR count). The first-order valence-electron chi connectivity index (χ1n) is 6.73. The minimum atomic E-state index is -0.366. The Bertz CT molecular complexity index is 737. The van der Waals surface area contributed by atoms with E-state index in [2.05, 4.69) is 20.9 Å². The number of ether oxygens (including phenoxy) is 1. The van der Waals surface area contributed by atoms with Crippen LogP contribution in [0.4, 0.5) is 5.00 Å². The highest BCUT2D eigenvalue weighted by Gasteiger charge is 2.20. The van der Waals surface area contributed by atoms with Crippen molar-refractivity contribution in [2.45, 2.75) is 20.8 Å². The van der Waals surface area contributed by atoms with E-state index in [0.717, 1.165) is 14.9 Å². The number of aromatic hydroxyl groups is 1. The second kappa shape index (κ2) is 7.07. The average Bonchev–Trinajstić information content (AvgIpc) is 2.75. The summed E-state index contributed by atoms with van der Waals surface area (Å²) in [5.74, 6) is -0.232. The number of hydrogen-bond donors (Lipinski definition) is 1. The van der Waals surface area contributed by atoms with Crippen LogP contribution in [-0.4, -0.2) is 23.9 Å². The first-order valence-corrected chi connectivity index (χ1v) is 8.34. The van der Waals surface area contributed by atoms with Gasteiger partial charge < -0.3 is 9.84 Å². The van der Waals surface area contributed by atoms with Crippen LogP contribution in [0, 0.1) is 13.8 Å². The maximum atomic E-state index is 12.1. The molecule has 0 unspecified atom stereocenters. The monoisotopic (exact) mass is 381 g/mol. The van der Waals surface area contributed by atoms with Gasteiger partial charge in [0, 0.05) is 21.1 Å². The highest BCUT2D eigenvalue weighted by atomic mass is 79.9. The van der Waals surface area contributed by atoms with E-state index in [-0.39, 0.29) is 11.7 Å². The molecule has 4 nitrogen and oxygen atoms in total. The van der Waals surface area contributed by atoms with E-state index in [1.807, 2.05) is 13.8 Å². The molecular weight excluding hydrogens is 366 g/mol. The molecule has 6 heteroatoms. The minimum Gasteiger partial charge on any atom is -0.507 e. The van der Waals surface area contributed by atoms with E-state index in [4.69, 9.17) is 4.74 Å². The number of halogens is 1. The maximum absolute atomic E-state index is 12.1. The molecule has 0 saturated carbocycles. The number of esters is 1. The fraction of sp³-hybridized carbons (Fsp3) is 0.250. The SMILES string of the molecule is CCOC(=O)c1c(/N=C/c2cc(Br)ccc2O)sc(C)c1C. The van der Waals surface area contributed by atoms with Gasteiger partial charge in [-0.15, -0.1) is 11.3 Å². The summed E-state index contributed by atoms with van der Waals surface area (Å²) < 4.78 is 5.94. The Morgan fingerprint density at radius 3 is 2.86 bits per heavy atom. The number of thiophene rings is 1. The molecule has 116 valence electrons. The summed E-state index contributed by atoms with van der Waals surface area (Å²) in [5.41, 5.74) is 1.96. The van der Waals surface area contributed by atoms with Crippen LogP contribution in [0.25, 0.3) is 0 Å². The Balaban J connectivity index is 2.41. The predicted molar refractivity (Wildman–Crippen MR) is 92.8 cm³/mol. The number of phenols is 1. The molecule has 0 bridgehead atoms. The Morgan fingerprint density at radius 1 is 1.45 bits per heavy atom. The third-order valence-electron chi connectivity index (χ3n) is 3.16. The third-order valence-corrected chi connectivity index (χ3v) is 4.77. The lowest BCUT2D eigenvalue weighted by Gasteiger charge is -2.03. The third kappa shape index (κ3) is 3.56. The van der Waals surface area contributed by atoms with E-state index in [1.54, 1.807) is 31.3 Å². The lowest BCUT2D eigenvalue weighted by atomic mass is 10.1. The largest absolute Gasteiger partial charge is 0.507 e. The highest BCUT2D eigenvalue weighted by molar-refractivity contribution is 9.10. The van der Waals surface area contributed by atoms with Crippen molar-refractivity contribution < 1.29 is 14.6 Å². The Labute approximate surface area is 141 Å². The summed E-state index contributed by atoms with van der Waals surface area (Å²) in [7, 11) is 0. The molecule has 1 aromatic heterocycles. The van der Waals surface area contributed by atoms with Crippen molar-refractivity contribution >= 4 is 44.5 Å². The van der Waals surface area contributed by atoms with Gasteiger partial charge in [0.15, 0.2) is 0 Å². The van der Waals surface area contributed by atoms with Gasteiger partial charge in [-0.2, -0.15) is 0 Å². The molecule has 0 fully saturated rings. The maximum Gasteiger partial charge on any atom is 0.341 e. The van der Waals surface area contributed by atoms with Crippen molar-refractivity contribution in [3.8, 4) is 5.75 Å². The molecule has 1 heterocycles. The van der Waals surface area contributed by atoms with Crippen LogP contribution in [0.15, 0.2) is 27.7 Å². The number of carbonyl (C=O) groups is 1. The van der Waals surface area contributed by atoms with Crippen molar-refractivity contribution in [1.29, 1.82) is 0 Å². The van der Waals surface area contributed by atoms with Crippen molar-refractivity contribution in [2.75, 3.05) is 6.61 Å². The lowest BCUT2D eigenvalue weighted by Crippen LogP contribution is -2.05. The molecule has 0 aliphatic carbocycles. The zero-order chi connectivity index (χ0) is 16.3. The van der Waals surface area contributed by atoms with Gasteiger partial charge in [-0.3, -0.25) is 0 Å². The molecule has 0 aliphatic heterocycles. The minimum absolute atomic E-state index is 0.134. The molecule has 0 radical (unpaired) electrons. The van der Waals surface area contributed by atoms with Crippen molar-refractivity contribution in [1.82, 2.24) is 0 Å². The van der Waals surface area contributed by atoms with Gasteiger partial charge in [-0.05, 0) is 44.5 Å². The molecule has 0 amide bonds. The molecule has 1 N–H and O–H groups in total. The van der Waals surface area contributed by atoms with Gasteiger partial charge in [-0.1, -0.05) is 15.9 Å². The fourth-order valence-corrected chi connectivity index (χ4v) is 3.27. The Kier molecular flexibility index (Phi) is 5.37. The number of carbonyl (C=O) groups excluding carboxylic acids is 1. The first-order chi connectivity index (χ1) is 10.4. The van der Waals surface area contributed by atoms with Crippen molar-refractivity contribution in [3.05, 3.63) is 44.2 Å². The smallest absolute Gasteiger partial charge is 0.341 e. The molecule has 0 saturated heterocycles. The number of aliphatic imine (C=N–C) groups is 1. The topological polar surface area (TPSA) is 58.9 Å². The van der Waals surface area contributed by atoms with E-state index in [0.29, 0.717) is 22.7 Å². The molecule has 0 atom stereocenters.